The molecule has 1 heterocycles. The molecule has 1 aromatic heterocycles. The van der Waals surface area contributed by atoms with Gasteiger partial charge in [0.1, 0.15) is 0 Å². The molecule has 5 nitrogen and oxygen atoms in total. The van der Waals surface area contributed by atoms with Crippen LogP contribution in [0, 0.1) is 0 Å². The second-order valence-electron chi connectivity index (χ2n) is 3.49. The number of carbonyl (C=O) groups is 2. The Morgan fingerprint density at radius 2 is 2.35 bits per heavy atom. The van der Waals surface area contributed by atoms with Crippen LogP contribution in [0.2, 0.25) is 0 Å². The molecule has 1 aromatic rings. The molecule has 0 aliphatic rings. The molecule has 0 bridgehead atoms. The van der Waals surface area contributed by atoms with E-state index in [1.807, 2.05) is 13.1 Å². The van der Waals surface area contributed by atoms with Crippen molar-refractivity contribution < 1.29 is 14.3 Å². The monoisotopic (exact) mass is 256 g/mol. The van der Waals surface area contributed by atoms with Gasteiger partial charge >= 0.3 is 0 Å². The molecule has 1 rings (SSSR count). The fraction of sp³-hybridized carbons (Fsp3) is 0.455. The lowest BCUT2D eigenvalue weighted by molar-refractivity contribution is -0.119. The van der Waals surface area contributed by atoms with E-state index >= 15 is 0 Å². The van der Waals surface area contributed by atoms with Crippen LogP contribution in [0.5, 0.6) is 0 Å². The Balaban J connectivity index is 2.40. The van der Waals surface area contributed by atoms with E-state index in [9.17, 15) is 9.59 Å². The van der Waals surface area contributed by atoms with E-state index in [-0.39, 0.29) is 12.5 Å². The molecular formula is C11H16N2O3S. The number of nitrogens with one attached hydrogen (secondary N) is 1. The van der Waals surface area contributed by atoms with Crippen molar-refractivity contribution in [3.63, 3.8) is 0 Å². The summed E-state index contributed by atoms with van der Waals surface area (Å²) in [5.74, 6) is -0.0643. The molecule has 0 saturated heterocycles. The maximum Gasteiger partial charge on any atom is 0.239 e. The Morgan fingerprint density at radius 3 is 2.94 bits per heavy atom. The number of hydrogen-bond donors (Lipinski definition) is 1. The highest BCUT2D eigenvalue weighted by atomic mass is 32.1. The van der Waals surface area contributed by atoms with Crippen molar-refractivity contribution in [2.75, 3.05) is 38.8 Å². The van der Waals surface area contributed by atoms with E-state index in [0.717, 1.165) is 11.3 Å². The summed E-state index contributed by atoms with van der Waals surface area (Å²) < 4.78 is 4.83. The summed E-state index contributed by atoms with van der Waals surface area (Å²) in [6, 6.07) is 3.57. The van der Waals surface area contributed by atoms with Crippen molar-refractivity contribution in [1.29, 1.82) is 0 Å². The second-order valence-corrected chi connectivity index (χ2v) is 4.59. The number of methoxy groups -OCH3 is 1. The molecule has 0 atom stereocenters. The third-order valence-corrected chi connectivity index (χ3v) is 3.24. The molecular weight excluding hydrogens is 240 g/mol. The molecule has 0 aliphatic carbocycles. The number of rotatable bonds is 7. The van der Waals surface area contributed by atoms with Gasteiger partial charge in [-0.15, -0.1) is 11.3 Å². The van der Waals surface area contributed by atoms with Crippen LogP contribution in [-0.4, -0.2) is 46.0 Å². The highest BCUT2D eigenvalue weighted by Gasteiger charge is 2.09. The van der Waals surface area contributed by atoms with E-state index in [2.05, 4.69) is 5.32 Å². The summed E-state index contributed by atoms with van der Waals surface area (Å²) in [6.07, 6.45) is 0.806. The van der Waals surface area contributed by atoms with Crippen molar-refractivity contribution in [1.82, 2.24) is 5.32 Å². The number of hydrogen-bond acceptors (Lipinski definition) is 5. The van der Waals surface area contributed by atoms with E-state index in [0.29, 0.717) is 18.0 Å². The Labute approximate surface area is 104 Å². The van der Waals surface area contributed by atoms with Gasteiger partial charge in [-0.1, -0.05) is 0 Å². The van der Waals surface area contributed by atoms with Crippen LogP contribution in [0.1, 0.15) is 9.67 Å². The maximum atomic E-state index is 11.5. The van der Waals surface area contributed by atoms with Crippen LogP contribution in [0.15, 0.2) is 12.1 Å². The Bertz CT molecular complexity index is 379. The van der Waals surface area contributed by atoms with Gasteiger partial charge in [-0.25, -0.2) is 0 Å². The normalized spacial score (nSPS) is 10.0. The molecule has 17 heavy (non-hydrogen) atoms. The van der Waals surface area contributed by atoms with Crippen LogP contribution < -0.4 is 10.2 Å². The van der Waals surface area contributed by atoms with Crippen LogP contribution in [0.25, 0.3) is 0 Å². The molecule has 94 valence electrons. The van der Waals surface area contributed by atoms with Crippen molar-refractivity contribution in [3.8, 4) is 0 Å². The van der Waals surface area contributed by atoms with Crippen molar-refractivity contribution in [3.05, 3.63) is 17.0 Å². The van der Waals surface area contributed by atoms with Crippen LogP contribution in [-0.2, 0) is 9.53 Å². The number of aldehydes is 1. The second kappa shape index (κ2) is 7.03. The van der Waals surface area contributed by atoms with Gasteiger partial charge in [0.2, 0.25) is 5.91 Å². The lowest BCUT2D eigenvalue weighted by atomic mass is 10.4. The maximum absolute atomic E-state index is 11.5. The van der Waals surface area contributed by atoms with Gasteiger partial charge in [0.25, 0.3) is 0 Å². The number of likely N-dealkylation sites (N-methyl/N-ethyl adjacent to an activating group) is 1. The van der Waals surface area contributed by atoms with Gasteiger partial charge in [0.05, 0.1) is 23.0 Å². The largest absolute Gasteiger partial charge is 0.383 e. The van der Waals surface area contributed by atoms with Crippen molar-refractivity contribution in [2.24, 2.45) is 0 Å². The van der Waals surface area contributed by atoms with Gasteiger partial charge in [0, 0.05) is 20.7 Å². The fourth-order valence-electron chi connectivity index (χ4n) is 1.25. The minimum atomic E-state index is -0.0643. The minimum absolute atomic E-state index is 0.0643. The molecule has 1 amide bonds. The van der Waals surface area contributed by atoms with Crippen LogP contribution in [0.4, 0.5) is 5.00 Å². The Morgan fingerprint density at radius 1 is 1.59 bits per heavy atom. The van der Waals surface area contributed by atoms with E-state index in [1.165, 1.54) is 11.3 Å². The SMILES string of the molecule is COCCNC(=O)CN(C)c1ccc(C=O)s1. The highest BCUT2D eigenvalue weighted by Crippen LogP contribution is 2.23. The van der Waals surface area contributed by atoms with Gasteiger partial charge < -0.3 is 15.0 Å². The summed E-state index contributed by atoms with van der Waals surface area (Å²) in [5, 5.41) is 3.63. The molecule has 1 N–H and O–H groups in total. The number of anilines is 1. The lowest BCUT2D eigenvalue weighted by Gasteiger charge is -2.16. The molecule has 0 fully saturated rings. The Kier molecular flexibility index (Phi) is 5.65. The van der Waals surface area contributed by atoms with Gasteiger partial charge in [-0.2, -0.15) is 0 Å². The lowest BCUT2D eigenvalue weighted by Crippen LogP contribution is -2.36. The number of nitrogens with zero attached hydrogens (tertiary/aromatic N) is 1. The summed E-state index contributed by atoms with van der Waals surface area (Å²) in [7, 11) is 3.40. The first-order chi connectivity index (χ1) is 8.17. The molecule has 0 saturated carbocycles. The summed E-state index contributed by atoms with van der Waals surface area (Å²) >= 11 is 1.36. The number of amides is 1. The molecule has 0 spiro atoms. The minimum Gasteiger partial charge on any atom is -0.383 e. The predicted molar refractivity (Wildman–Crippen MR) is 67.9 cm³/mol. The van der Waals surface area contributed by atoms with Crippen molar-refractivity contribution >= 4 is 28.5 Å². The molecule has 0 unspecified atom stereocenters. The summed E-state index contributed by atoms with van der Waals surface area (Å²) in [5.41, 5.74) is 0. The van der Waals surface area contributed by atoms with Crippen LogP contribution in [0.3, 0.4) is 0 Å². The third-order valence-electron chi connectivity index (χ3n) is 2.11. The first kappa shape index (κ1) is 13.7. The third kappa shape index (κ3) is 4.54. The smallest absolute Gasteiger partial charge is 0.239 e. The number of thiophene rings is 1. The summed E-state index contributed by atoms with van der Waals surface area (Å²) in [6.45, 7) is 1.28. The Hall–Kier alpha value is -1.40. The topological polar surface area (TPSA) is 58.6 Å². The standard InChI is InChI=1S/C11H16N2O3S/c1-13(7-10(15)12-5-6-16-2)11-4-3-9(8-14)17-11/h3-4,8H,5-7H2,1-2H3,(H,12,15). The zero-order chi connectivity index (χ0) is 12.7. The van der Waals surface area contributed by atoms with E-state index < -0.39 is 0 Å². The fourth-order valence-corrected chi connectivity index (χ4v) is 2.03. The first-order valence-electron chi connectivity index (χ1n) is 5.19. The first-order valence-corrected chi connectivity index (χ1v) is 6.01. The highest BCUT2D eigenvalue weighted by molar-refractivity contribution is 7.17. The zero-order valence-electron chi connectivity index (χ0n) is 9.93. The molecule has 6 heteroatoms. The number of carbonyl (C=O) groups excluding carboxylic acids is 2. The molecule has 0 radical (unpaired) electrons. The van der Waals surface area contributed by atoms with Crippen molar-refractivity contribution in [2.45, 2.75) is 0 Å². The number of ether oxygens (including phenoxy) is 1. The van der Waals surface area contributed by atoms with Gasteiger partial charge in [-0.3, -0.25) is 9.59 Å². The van der Waals surface area contributed by atoms with Crippen LogP contribution >= 0.6 is 11.3 Å². The summed E-state index contributed by atoms with van der Waals surface area (Å²) in [4.78, 5) is 24.5. The van der Waals surface area contributed by atoms with E-state index in [1.54, 1.807) is 18.1 Å². The average molecular weight is 256 g/mol. The van der Waals surface area contributed by atoms with E-state index in [4.69, 9.17) is 4.74 Å². The van der Waals surface area contributed by atoms with Gasteiger partial charge in [-0.05, 0) is 12.1 Å². The average Bonchev–Trinajstić information content (AvgIpc) is 2.78. The molecule has 0 aliphatic heterocycles. The van der Waals surface area contributed by atoms with Gasteiger partial charge in [0.15, 0.2) is 6.29 Å². The zero-order valence-corrected chi connectivity index (χ0v) is 10.8. The predicted octanol–water partition coefficient (Wildman–Crippen LogP) is 0.759. The quantitative estimate of drug-likeness (QED) is 0.578. The molecule has 0 aromatic carbocycles.